The zero-order valence-corrected chi connectivity index (χ0v) is 35.1. The van der Waals surface area contributed by atoms with Gasteiger partial charge >= 0.3 is 0 Å². The number of benzene rings is 9. The summed E-state index contributed by atoms with van der Waals surface area (Å²) in [5, 5.41) is 5.23. The van der Waals surface area contributed by atoms with Crippen molar-refractivity contribution in [1.29, 1.82) is 0 Å². The van der Waals surface area contributed by atoms with Gasteiger partial charge in [0.2, 0.25) is 0 Å². The Morgan fingerprint density at radius 2 is 0.967 bits per heavy atom. The zero-order chi connectivity index (χ0) is 40.3. The molecule has 0 radical (unpaired) electrons. The number of anilines is 3. The van der Waals surface area contributed by atoms with Crippen LogP contribution in [-0.4, -0.2) is 0 Å². The Balaban J connectivity index is 1.17. The van der Waals surface area contributed by atoms with Crippen molar-refractivity contribution in [2.75, 3.05) is 4.90 Å². The van der Waals surface area contributed by atoms with Crippen molar-refractivity contribution in [3.63, 3.8) is 0 Å². The molecule has 2 heteroatoms. The van der Waals surface area contributed by atoms with Gasteiger partial charge in [-0.1, -0.05) is 185 Å². The lowest BCUT2D eigenvalue weighted by Gasteiger charge is -2.34. The maximum Gasteiger partial charge on any atom is 0.0628 e. The molecule has 2 aliphatic carbocycles. The second-order valence-corrected chi connectivity index (χ2v) is 18.7. The summed E-state index contributed by atoms with van der Waals surface area (Å²) in [6.45, 7) is 9.60. The highest BCUT2D eigenvalue weighted by Crippen LogP contribution is 2.61. The molecule has 1 aromatic heterocycles. The van der Waals surface area contributed by atoms with Gasteiger partial charge in [-0.3, -0.25) is 0 Å². The van der Waals surface area contributed by atoms with Crippen molar-refractivity contribution in [2.24, 2.45) is 0 Å². The Kier molecular flexibility index (Phi) is 7.56. The first kappa shape index (κ1) is 35.2. The first-order valence-corrected chi connectivity index (χ1v) is 21.9. The van der Waals surface area contributed by atoms with Crippen LogP contribution < -0.4 is 4.90 Å². The molecule has 9 aromatic carbocycles. The fourth-order valence-corrected chi connectivity index (χ4v) is 12.1. The van der Waals surface area contributed by atoms with E-state index in [1.54, 1.807) is 0 Å². The standard InChI is InChI=1S/C58H43NS/c1-57(2)48-26-13-10-19-41(48)42-34-33-39(35-50(42)57)59(38-31-29-36(30-32-38)40-24-16-25-46-43-20-12-15-28-51(43)60-56(40)46)55-52(37-17-6-5-7-18-37)44-21-8-9-22-45(44)54-53(55)47-23-11-14-27-49(47)58(54,3)4/h5-35H,1-4H3. The van der Waals surface area contributed by atoms with Crippen LogP contribution >= 0.6 is 11.3 Å². The molecule has 0 bridgehead atoms. The van der Waals surface area contributed by atoms with Crippen LogP contribution in [0.25, 0.3) is 75.5 Å². The Morgan fingerprint density at radius 3 is 1.75 bits per heavy atom. The van der Waals surface area contributed by atoms with Gasteiger partial charge in [-0.25, -0.2) is 0 Å². The number of fused-ring (bicyclic) bond motifs is 11. The molecule has 0 saturated heterocycles. The summed E-state index contributed by atoms with van der Waals surface area (Å²) >= 11 is 1.89. The molecule has 1 heterocycles. The molecule has 0 aliphatic heterocycles. The van der Waals surface area contributed by atoms with Gasteiger partial charge < -0.3 is 4.90 Å². The third kappa shape index (κ3) is 4.92. The molecule has 0 amide bonds. The summed E-state index contributed by atoms with van der Waals surface area (Å²) in [5.74, 6) is 0. The van der Waals surface area contributed by atoms with Gasteiger partial charge in [0.1, 0.15) is 0 Å². The van der Waals surface area contributed by atoms with E-state index in [0.717, 1.165) is 11.4 Å². The summed E-state index contributed by atoms with van der Waals surface area (Å²) in [4.78, 5) is 2.59. The smallest absolute Gasteiger partial charge is 0.0628 e. The minimum atomic E-state index is -0.213. The molecular formula is C58H43NS. The minimum absolute atomic E-state index is 0.150. The highest BCUT2D eigenvalue weighted by Gasteiger charge is 2.42. The normalized spacial score (nSPS) is 14.3. The molecule has 286 valence electrons. The lowest BCUT2D eigenvalue weighted by Crippen LogP contribution is -2.19. The Hall–Kier alpha value is -6.74. The fourth-order valence-electron chi connectivity index (χ4n) is 10.8. The van der Waals surface area contributed by atoms with E-state index in [1.807, 2.05) is 11.3 Å². The average molecular weight is 786 g/mol. The second kappa shape index (κ2) is 12.9. The second-order valence-electron chi connectivity index (χ2n) is 17.6. The van der Waals surface area contributed by atoms with Crippen LogP contribution in [0.2, 0.25) is 0 Å². The predicted molar refractivity (Wildman–Crippen MR) is 258 cm³/mol. The number of hydrogen-bond acceptors (Lipinski definition) is 2. The van der Waals surface area contributed by atoms with Crippen molar-refractivity contribution < 1.29 is 0 Å². The molecular weight excluding hydrogens is 743 g/mol. The topological polar surface area (TPSA) is 3.24 Å². The number of rotatable bonds is 5. The average Bonchev–Trinajstić information content (AvgIpc) is 3.87. The van der Waals surface area contributed by atoms with E-state index in [4.69, 9.17) is 0 Å². The maximum absolute atomic E-state index is 2.59. The van der Waals surface area contributed by atoms with Gasteiger partial charge in [0, 0.05) is 53.5 Å². The Bertz CT molecular complexity index is 3370. The van der Waals surface area contributed by atoms with Gasteiger partial charge in [0.05, 0.1) is 5.69 Å². The number of thiophene rings is 1. The van der Waals surface area contributed by atoms with Crippen LogP contribution in [0.4, 0.5) is 17.1 Å². The van der Waals surface area contributed by atoms with Crippen LogP contribution in [0.5, 0.6) is 0 Å². The zero-order valence-electron chi connectivity index (χ0n) is 34.3. The molecule has 12 rings (SSSR count). The molecule has 60 heavy (non-hydrogen) atoms. The van der Waals surface area contributed by atoms with Crippen LogP contribution in [0.3, 0.4) is 0 Å². The van der Waals surface area contributed by atoms with Gasteiger partial charge in [-0.2, -0.15) is 0 Å². The first-order chi connectivity index (χ1) is 29.3. The van der Waals surface area contributed by atoms with E-state index in [-0.39, 0.29) is 10.8 Å². The number of nitrogens with zero attached hydrogens (tertiary/aromatic N) is 1. The molecule has 0 spiro atoms. The number of hydrogen-bond donors (Lipinski definition) is 0. The van der Waals surface area contributed by atoms with Crippen molar-refractivity contribution in [1.82, 2.24) is 0 Å². The minimum Gasteiger partial charge on any atom is -0.309 e. The molecule has 1 nitrogen and oxygen atoms in total. The molecule has 0 saturated carbocycles. The summed E-state index contributed by atoms with van der Waals surface area (Å²) < 4.78 is 2.66. The summed E-state index contributed by atoms with van der Waals surface area (Å²) in [6.07, 6.45) is 0. The van der Waals surface area contributed by atoms with E-state index >= 15 is 0 Å². The van der Waals surface area contributed by atoms with Crippen LogP contribution in [0, 0.1) is 0 Å². The van der Waals surface area contributed by atoms with E-state index in [0.29, 0.717) is 0 Å². The summed E-state index contributed by atoms with van der Waals surface area (Å²) in [7, 11) is 0. The lowest BCUT2D eigenvalue weighted by atomic mass is 9.78. The largest absolute Gasteiger partial charge is 0.309 e. The molecule has 2 aliphatic rings. The molecule has 0 unspecified atom stereocenters. The van der Waals surface area contributed by atoms with Crippen LogP contribution in [0.15, 0.2) is 188 Å². The molecule has 10 aromatic rings. The van der Waals surface area contributed by atoms with Crippen molar-refractivity contribution in [3.8, 4) is 44.5 Å². The third-order valence-electron chi connectivity index (χ3n) is 13.6. The van der Waals surface area contributed by atoms with Crippen molar-refractivity contribution in [2.45, 2.75) is 38.5 Å². The van der Waals surface area contributed by atoms with Gasteiger partial charge in [0.15, 0.2) is 0 Å². The third-order valence-corrected chi connectivity index (χ3v) is 14.9. The molecule has 0 fully saturated rings. The highest BCUT2D eigenvalue weighted by molar-refractivity contribution is 7.26. The molecule has 0 N–H and O–H groups in total. The van der Waals surface area contributed by atoms with E-state index in [1.165, 1.54) is 103 Å². The first-order valence-electron chi connectivity index (χ1n) is 21.1. The predicted octanol–water partition coefficient (Wildman–Crippen LogP) is 16.6. The summed E-state index contributed by atoms with van der Waals surface area (Å²) in [6, 6.07) is 70.5. The van der Waals surface area contributed by atoms with Gasteiger partial charge in [-0.15, -0.1) is 11.3 Å². The highest BCUT2D eigenvalue weighted by atomic mass is 32.1. The summed E-state index contributed by atoms with van der Waals surface area (Å²) in [5.41, 5.74) is 18.9. The van der Waals surface area contributed by atoms with Crippen molar-refractivity contribution in [3.05, 3.63) is 210 Å². The Morgan fingerprint density at radius 1 is 0.383 bits per heavy atom. The molecule has 0 atom stereocenters. The van der Waals surface area contributed by atoms with Gasteiger partial charge in [0.25, 0.3) is 0 Å². The monoisotopic (exact) mass is 785 g/mol. The van der Waals surface area contributed by atoms with E-state index < -0.39 is 0 Å². The van der Waals surface area contributed by atoms with E-state index in [2.05, 4.69) is 221 Å². The van der Waals surface area contributed by atoms with Crippen LogP contribution in [-0.2, 0) is 10.8 Å². The fraction of sp³-hybridized carbons (Fsp3) is 0.103. The lowest BCUT2D eigenvalue weighted by molar-refractivity contribution is 0.660. The van der Waals surface area contributed by atoms with E-state index in [9.17, 15) is 0 Å². The van der Waals surface area contributed by atoms with Crippen molar-refractivity contribution >= 4 is 59.3 Å². The van der Waals surface area contributed by atoms with Crippen LogP contribution in [0.1, 0.15) is 49.9 Å². The SMILES string of the molecule is CC1(C)c2ccccc2-c2ccc(N(c3ccc(-c4cccc5c4sc4ccccc45)cc3)c3c4c(c5ccccc5c3-c3ccccc3)C(C)(C)c3ccccc3-4)cc21. The Labute approximate surface area is 355 Å². The quantitative estimate of drug-likeness (QED) is 0.168. The maximum atomic E-state index is 2.59. The van der Waals surface area contributed by atoms with Gasteiger partial charge in [-0.05, 0) is 96.7 Å².